The Labute approximate surface area is 130 Å². The molecule has 0 bridgehead atoms. The molecule has 23 heavy (non-hydrogen) atoms. The Morgan fingerprint density at radius 2 is 1.52 bits per heavy atom. The van der Waals surface area contributed by atoms with Gasteiger partial charge in [0.15, 0.2) is 9.84 Å². The monoisotopic (exact) mass is 348 g/mol. The van der Waals surface area contributed by atoms with Crippen LogP contribution in [0.5, 0.6) is 0 Å². The van der Waals surface area contributed by atoms with E-state index in [0.717, 1.165) is 0 Å². The van der Waals surface area contributed by atoms with E-state index in [1.807, 2.05) is 0 Å². The number of nitrogens with one attached hydrogen (secondary N) is 1. The molecular formula is C14H12F4N2O2S. The first-order chi connectivity index (χ1) is 10.8. The summed E-state index contributed by atoms with van der Waals surface area (Å²) in [7, 11) is -3.54. The average molecular weight is 348 g/mol. The number of hydrogen-bond acceptors (Lipinski definition) is 4. The van der Waals surface area contributed by atoms with Crippen LogP contribution in [0.3, 0.4) is 0 Å². The van der Waals surface area contributed by atoms with Crippen LogP contribution in [0.4, 0.5) is 23.2 Å². The Hall–Kier alpha value is -2.16. The second-order valence-corrected chi connectivity index (χ2v) is 6.72. The molecule has 4 nitrogen and oxygen atoms in total. The van der Waals surface area contributed by atoms with E-state index in [4.69, 9.17) is 0 Å². The molecule has 0 amide bonds. The van der Waals surface area contributed by atoms with Gasteiger partial charge >= 0.3 is 0 Å². The Balaban J connectivity index is 1.99. The van der Waals surface area contributed by atoms with Gasteiger partial charge in [0, 0.05) is 6.54 Å². The molecule has 0 unspecified atom stereocenters. The fourth-order valence-corrected chi connectivity index (χ4v) is 3.20. The molecule has 0 radical (unpaired) electrons. The second-order valence-electron chi connectivity index (χ2n) is 4.61. The summed E-state index contributed by atoms with van der Waals surface area (Å²) < 4.78 is 76.5. The lowest BCUT2D eigenvalue weighted by Crippen LogP contribution is -2.14. The fraction of sp³-hybridized carbons (Fsp3) is 0.214. The molecule has 1 N–H and O–H groups in total. The lowest BCUT2D eigenvalue weighted by atomic mass is 10.3. The Morgan fingerprint density at radius 3 is 2.09 bits per heavy atom. The van der Waals surface area contributed by atoms with Crippen LogP contribution < -0.4 is 5.32 Å². The van der Waals surface area contributed by atoms with Crippen LogP contribution >= 0.6 is 0 Å². The zero-order valence-corrected chi connectivity index (χ0v) is 12.5. The van der Waals surface area contributed by atoms with Crippen molar-refractivity contribution < 1.29 is 26.0 Å². The first-order valence-electron chi connectivity index (χ1n) is 6.54. The molecule has 124 valence electrons. The van der Waals surface area contributed by atoms with Gasteiger partial charge in [-0.1, -0.05) is 18.2 Å². The Kier molecular flexibility index (Phi) is 5.19. The largest absolute Gasteiger partial charge is 0.380 e. The first kappa shape index (κ1) is 17.2. The number of pyridine rings is 1. The number of rotatable bonds is 6. The van der Waals surface area contributed by atoms with E-state index in [-0.39, 0.29) is 23.6 Å². The van der Waals surface area contributed by atoms with Crippen molar-refractivity contribution in [2.24, 2.45) is 0 Å². The number of benzene rings is 1. The summed E-state index contributed by atoms with van der Waals surface area (Å²) in [6.07, 6.45) is -0.0122. The van der Waals surface area contributed by atoms with E-state index >= 15 is 0 Å². The third-order valence-electron chi connectivity index (χ3n) is 2.99. The van der Waals surface area contributed by atoms with Gasteiger partial charge in [-0.2, -0.15) is 22.5 Å². The SMILES string of the molecule is O=S(=O)(CCCNc1c(F)c(F)nc(F)c1F)c1ccccc1. The molecule has 2 aromatic rings. The highest BCUT2D eigenvalue weighted by Gasteiger charge is 2.20. The molecule has 1 heterocycles. The smallest absolute Gasteiger partial charge is 0.253 e. The van der Waals surface area contributed by atoms with Gasteiger partial charge in [-0.25, -0.2) is 8.42 Å². The standard InChI is InChI=1S/C14H12F4N2O2S/c15-10-12(11(16)14(18)20-13(10)17)19-7-4-8-23(21,22)9-5-2-1-3-6-9/h1-3,5-6H,4,7-8H2,(H,19,20). The number of nitrogens with zero attached hydrogens (tertiary/aromatic N) is 1. The van der Waals surface area contributed by atoms with Crippen LogP contribution in [0.25, 0.3) is 0 Å². The van der Waals surface area contributed by atoms with Crippen molar-refractivity contribution in [3.05, 3.63) is 53.9 Å². The average Bonchev–Trinajstić information content (AvgIpc) is 2.53. The van der Waals surface area contributed by atoms with Crippen LogP contribution in [0.2, 0.25) is 0 Å². The van der Waals surface area contributed by atoms with E-state index in [1.54, 1.807) is 18.2 Å². The van der Waals surface area contributed by atoms with Gasteiger partial charge in [0.1, 0.15) is 5.69 Å². The summed E-state index contributed by atoms with van der Waals surface area (Å²) in [6.45, 7) is -0.192. The predicted molar refractivity (Wildman–Crippen MR) is 75.7 cm³/mol. The van der Waals surface area contributed by atoms with E-state index in [9.17, 15) is 26.0 Å². The highest BCUT2D eigenvalue weighted by atomic mass is 32.2. The Bertz CT molecular complexity index is 772. The molecule has 9 heteroatoms. The number of aromatic nitrogens is 1. The van der Waals surface area contributed by atoms with Crippen molar-refractivity contribution in [3.8, 4) is 0 Å². The van der Waals surface area contributed by atoms with Crippen LogP contribution in [-0.2, 0) is 9.84 Å². The summed E-state index contributed by atoms with van der Waals surface area (Å²) in [6, 6.07) is 7.65. The summed E-state index contributed by atoms with van der Waals surface area (Å²) in [5.41, 5.74) is -1.01. The molecule has 0 saturated carbocycles. The van der Waals surface area contributed by atoms with Gasteiger partial charge in [0.2, 0.25) is 11.6 Å². The van der Waals surface area contributed by atoms with Gasteiger partial charge in [-0.05, 0) is 18.6 Å². The normalized spacial score (nSPS) is 11.5. The van der Waals surface area contributed by atoms with Crippen molar-refractivity contribution in [3.63, 3.8) is 0 Å². The van der Waals surface area contributed by atoms with Crippen molar-refractivity contribution in [1.82, 2.24) is 4.98 Å². The maximum Gasteiger partial charge on any atom is 0.253 e. The topological polar surface area (TPSA) is 59.1 Å². The van der Waals surface area contributed by atoms with E-state index in [1.165, 1.54) is 12.1 Å². The molecule has 1 aromatic carbocycles. The van der Waals surface area contributed by atoms with Crippen LogP contribution in [0.15, 0.2) is 35.2 Å². The van der Waals surface area contributed by atoms with Crippen molar-refractivity contribution >= 4 is 15.5 Å². The van der Waals surface area contributed by atoms with Gasteiger partial charge in [0.25, 0.3) is 11.9 Å². The number of halogens is 4. The van der Waals surface area contributed by atoms with Gasteiger partial charge in [0.05, 0.1) is 10.6 Å². The van der Waals surface area contributed by atoms with Crippen LogP contribution in [-0.4, -0.2) is 25.7 Å². The first-order valence-corrected chi connectivity index (χ1v) is 8.20. The van der Waals surface area contributed by atoms with E-state index in [2.05, 4.69) is 10.3 Å². The minimum Gasteiger partial charge on any atom is -0.380 e. The zero-order chi connectivity index (χ0) is 17.0. The molecule has 0 fully saturated rings. The third-order valence-corrected chi connectivity index (χ3v) is 4.81. The highest BCUT2D eigenvalue weighted by molar-refractivity contribution is 7.91. The number of anilines is 1. The Morgan fingerprint density at radius 1 is 0.957 bits per heavy atom. The van der Waals surface area contributed by atoms with Crippen molar-refractivity contribution in [2.45, 2.75) is 11.3 Å². The molecule has 0 spiro atoms. The van der Waals surface area contributed by atoms with E-state index < -0.39 is 39.1 Å². The van der Waals surface area contributed by atoms with Crippen LogP contribution in [0, 0.1) is 23.5 Å². The summed E-state index contributed by atoms with van der Waals surface area (Å²) in [5, 5.41) is 2.15. The molecule has 2 rings (SSSR count). The highest BCUT2D eigenvalue weighted by Crippen LogP contribution is 2.22. The molecule has 0 saturated heterocycles. The third kappa shape index (κ3) is 3.98. The fourth-order valence-electron chi connectivity index (χ4n) is 1.86. The second kappa shape index (κ2) is 6.95. The lowest BCUT2D eigenvalue weighted by molar-refractivity contribution is 0.410. The van der Waals surface area contributed by atoms with Crippen LogP contribution in [0.1, 0.15) is 6.42 Å². The lowest BCUT2D eigenvalue weighted by Gasteiger charge is -2.09. The van der Waals surface area contributed by atoms with Gasteiger partial charge < -0.3 is 5.32 Å². The minimum atomic E-state index is -3.54. The van der Waals surface area contributed by atoms with Gasteiger partial charge in [-0.3, -0.25) is 0 Å². The summed E-state index contributed by atoms with van der Waals surface area (Å²) in [5.74, 6) is -7.15. The maximum absolute atomic E-state index is 13.3. The van der Waals surface area contributed by atoms with Gasteiger partial charge in [-0.15, -0.1) is 0 Å². The minimum absolute atomic E-state index is 0.0122. The predicted octanol–water partition coefficient (Wildman–Crippen LogP) is 2.91. The number of hydrogen-bond donors (Lipinski definition) is 1. The molecule has 0 aliphatic rings. The summed E-state index contributed by atoms with van der Waals surface area (Å²) in [4.78, 5) is 2.54. The molecule has 1 aromatic heterocycles. The molecule has 0 atom stereocenters. The summed E-state index contributed by atoms with van der Waals surface area (Å²) >= 11 is 0. The molecule has 0 aliphatic heterocycles. The van der Waals surface area contributed by atoms with Crippen molar-refractivity contribution in [2.75, 3.05) is 17.6 Å². The quantitative estimate of drug-likeness (QED) is 0.495. The van der Waals surface area contributed by atoms with E-state index in [0.29, 0.717) is 0 Å². The molecule has 0 aliphatic carbocycles. The maximum atomic E-state index is 13.3. The molecular weight excluding hydrogens is 336 g/mol. The zero-order valence-electron chi connectivity index (χ0n) is 11.7. The van der Waals surface area contributed by atoms with Crippen molar-refractivity contribution in [1.29, 1.82) is 0 Å². The number of sulfone groups is 1.